The number of carboxylic acid groups (broad SMARTS) is 1. The molecule has 2 N–H and O–H groups in total. The molecule has 0 aromatic heterocycles. The number of likely N-dealkylation sites (N-methyl/N-ethyl adjacent to an activating group) is 1. The molecule has 0 radical (unpaired) electrons. The Kier molecular flexibility index (Phi) is 6.08. The minimum atomic E-state index is -0.827. The van der Waals surface area contributed by atoms with Gasteiger partial charge in [-0.25, -0.2) is 4.79 Å². The second-order valence-corrected chi connectivity index (χ2v) is 5.27. The molecule has 2 amide bonds. The fourth-order valence-electron chi connectivity index (χ4n) is 2.29. The smallest absolute Gasteiger partial charge is 0.317 e. The summed E-state index contributed by atoms with van der Waals surface area (Å²) in [6.07, 6.45) is 1.57. The van der Waals surface area contributed by atoms with E-state index >= 15 is 0 Å². The number of carbonyl (C=O) groups is 2. The van der Waals surface area contributed by atoms with Crippen molar-refractivity contribution >= 4 is 12.0 Å². The highest BCUT2D eigenvalue weighted by Gasteiger charge is 2.26. The van der Waals surface area contributed by atoms with Gasteiger partial charge in [-0.3, -0.25) is 9.69 Å². The van der Waals surface area contributed by atoms with Gasteiger partial charge in [-0.15, -0.1) is 0 Å². The lowest BCUT2D eigenvalue weighted by atomic mass is 10.1. The number of nitrogens with zero attached hydrogens (tertiary/aromatic N) is 2. The fourth-order valence-corrected chi connectivity index (χ4v) is 2.29. The van der Waals surface area contributed by atoms with E-state index in [0.29, 0.717) is 12.5 Å². The van der Waals surface area contributed by atoms with Crippen LogP contribution in [-0.4, -0.2) is 65.7 Å². The summed E-state index contributed by atoms with van der Waals surface area (Å²) in [6, 6.07) is 0.224. The first-order valence-electron chi connectivity index (χ1n) is 6.91. The monoisotopic (exact) mass is 271 g/mol. The molecule has 1 rings (SSSR count). The Morgan fingerprint density at radius 2 is 2.11 bits per heavy atom. The van der Waals surface area contributed by atoms with Crippen LogP contribution in [0.3, 0.4) is 0 Å². The second-order valence-electron chi connectivity index (χ2n) is 5.27. The van der Waals surface area contributed by atoms with E-state index < -0.39 is 5.97 Å². The molecule has 0 saturated carbocycles. The van der Waals surface area contributed by atoms with Gasteiger partial charge in [0.2, 0.25) is 0 Å². The van der Waals surface area contributed by atoms with Crippen LogP contribution in [0.2, 0.25) is 0 Å². The van der Waals surface area contributed by atoms with E-state index in [1.54, 1.807) is 0 Å². The Labute approximate surface area is 114 Å². The molecule has 0 aliphatic carbocycles. The quantitative estimate of drug-likeness (QED) is 0.781. The highest BCUT2D eigenvalue weighted by molar-refractivity contribution is 5.74. The predicted octanol–water partition coefficient (Wildman–Crippen LogP) is 0.975. The van der Waals surface area contributed by atoms with Crippen LogP contribution in [0.25, 0.3) is 0 Å². The van der Waals surface area contributed by atoms with Crippen LogP contribution in [-0.2, 0) is 4.79 Å². The van der Waals surface area contributed by atoms with E-state index in [9.17, 15) is 9.59 Å². The SMILES string of the molecule is CCC1CN(C(=O)NC(C)CCC(=O)O)CCN1C. The zero-order valence-electron chi connectivity index (χ0n) is 12.1. The van der Waals surface area contributed by atoms with Crippen molar-refractivity contribution in [2.45, 2.75) is 45.2 Å². The third kappa shape index (κ3) is 5.06. The summed E-state index contributed by atoms with van der Waals surface area (Å²) in [6.45, 7) is 6.32. The van der Waals surface area contributed by atoms with Crippen molar-refractivity contribution in [2.75, 3.05) is 26.7 Å². The summed E-state index contributed by atoms with van der Waals surface area (Å²) in [5, 5.41) is 11.5. The van der Waals surface area contributed by atoms with Crippen molar-refractivity contribution in [3.63, 3.8) is 0 Å². The van der Waals surface area contributed by atoms with Crippen LogP contribution < -0.4 is 5.32 Å². The molecule has 0 aromatic carbocycles. The molecular weight excluding hydrogens is 246 g/mol. The number of carboxylic acids is 1. The molecule has 2 unspecified atom stereocenters. The minimum Gasteiger partial charge on any atom is -0.481 e. The van der Waals surface area contributed by atoms with Crippen molar-refractivity contribution in [1.82, 2.24) is 15.1 Å². The topological polar surface area (TPSA) is 72.9 Å². The highest BCUT2D eigenvalue weighted by Crippen LogP contribution is 2.11. The number of nitrogens with one attached hydrogen (secondary N) is 1. The number of hydrogen-bond acceptors (Lipinski definition) is 3. The zero-order chi connectivity index (χ0) is 14.4. The molecule has 110 valence electrons. The van der Waals surface area contributed by atoms with Crippen LogP contribution in [0.5, 0.6) is 0 Å². The molecule has 1 heterocycles. The van der Waals surface area contributed by atoms with Crippen molar-refractivity contribution in [3.05, 3.63) is 0 Å². The van der Waals surface area contributed by atoms with Crippen molar-refractivity contribution < 1.29 is 14.7 Å². The second kappa shape index (κ2) is 7.33. The van der Waals surface area contributed by atoms with Gasteiger partial charge in [0.25, 0.3) is 0 Å². The normalized spacial score (nSPS) is 22.1. The van der Waals surface area contributed by atoms with Crippen LogP contribution in [0.1, 0.15) is 33.1 Å². The molecule has 6 nitrogen and oxygen atoms in total. The maximum absolute atomic E-state index is 12.1. The fraction of sp³-hybridized carbons (Fsp3) is 0.846. The van der Waals surface area contributed by atoms with E-state index in [2.05, 4.69) is 24.2 Å². The van der Waals surface area contributed by atoms with Gasteiger partial charge in [0.05, 0.1) is 0 Å². The molecule has 0 spiro atoms. The van der Waals surface area contributed by atoms with Crippen LogP contribution in [0, 0.1) is 0 Å². The number of carbonyl (C=O) groups excluding carboxylic acids is 1. The van der Waals surface area contributed by atoms with Gasteiger partial charge in [0.1, 0.15) is 0 Å². The Morgan fingerprint density at radius 1 is 1.42 bits per heavy atom. The lowest BCUT2D eigenvalue weighted by Gasteiger charge is -2.39. The van der Waals surface area contributed by atoms with Crippen molar-refractivity contribution in [1.29, 1.82) is 0 Å². The number of urea groups is 1. The molecule has 2 atom stereocenters. The van der Waals surface area contributed by atoms with Gasteiger partial charge < -0.3 is 15.3 Å². The first-order chi connectivity index (χ1) is 8.93. The van der Waals surface area contributed by atoms with Gasteiger partial charge in [-0.2, -0.15) is 0 Å². The summed E-state index contributed by atoms with van der Waals surface area (Å²) < 4.78 is 0. The van der Waals surface area contributed by atoms with Crippen LogP contribution >= 0.6 is 0 Å². The molecular formula is C13H25N3O3. The van der Waals surface area contributed by atoms with E-state index in [1.807, 2.05) is 11.8 Å². The highest BCUT2D eigenvalue weighted by atomic mass is 16.4. The van der Waals surface area contributed by atoms with E-state index in [1.165, 1.54) is 0 Å². The first kappa shape index (κ1) is 15.8. The van der Waals surface area contributed by atoms with E-state index in [0.717, 1.165) is 26.1 Å². The third-order valence-electron chi connectivity index (χ3n) is 3.70. The molecule has 19 heavy (non-hydrogen) atoms. The average molecular weight is 271 g/mol. The van der Waals surface area contributed by atoms with Crippen LogP contribution in [0.4, 0.5) is 4.79 Å². The zero-order valence-corrected chi connectivity index (χ0v) is 12.1. The third-order valence-corrected chi connectivity index (χ3v) is 3.70. The minimum absolute atomic E-state index is 0.0792. The van der Waals surface area contributed by atoms with Gasteiger partial charge in [-0.1, -0.05) is 6.92 Å². The van der Waals surface area contributed by atoms with Crippen LogP contribution in [0.15, 0.2) is 0 Å². The summed E-state index contributed by atoms with van der Waals surface area (Å²) >= 11 is 0. The predicted molar refractivity (Wildman–Crippen MR) is 73.1 cm³/mol. The standard InChI is InChI=1S/C13H25N3O3/c1-4-11-9-16(8-7-15(11)3)13(19)14-10(2)5-6-12(17)18/h10-11H,4-9H2,1-3H3,(H,14,19)(H,17,18). The number of hydrogen-bond donors (Lipinski definition) is 2. The average Bonchev–Trinajstić information content (AvgIpc) is 2.36. The Hall–Kier alpha value is -1.30. The number of amides is 2. The summed E-state index contributed by atoms with van der Waals surface area (Å²) in [4.78, 5) is 26.7. The summed E-state index contributed by atoms with van der Waals surface area (Å²) in [5.74, 6) is -0.827. The van der Waals surface area contributed by atoms with Gasteiger partial charge in [-0.05, 0) is 26.8 Å². The van der Waals surface area contributed by atoms with E-state index in [-0.39, 0.29) is 18.5 Å². The molecule has 6 heteroatoms. The molecule has 1 aliphatic rings. The maximum Gasteiger partial charge on any atom is 0.317 e. The van der Waals surface area contributed by atoms with E-state index in [4.69, 9.17) is 5.11 Å². The lowest BCUT2D eigenvalue weighted by molar-refractivity contribution is -0.137. The number of rotatable bonds is 5. The molecule has 1 fully saturated rings. The summed E-state index contributed by atoms with van der Waals surface area (Å²) in [5.41, 5.74) is 0. The molecule has 0 bridgehead atoms. The molecule has 0 aromatic rings. The van der Waals surface area contributed by atoms with Gasteiger partial charge in [0.15, 0.2) is 0 Å². The first-order valence-corrected chi connectivity index (χ1v) is 6.91. The van der Waals surface area contributed by atoms with Crippen molar-refractivity contribution in [2.24, 2.45) is 0 Å². The summed E-state index contributed by atoms with van der Waals surface area (Å²) in [7, 11) is 2.08. The van der Waals surface area contributed by atoms with Gasteiger partial charge >= 0.3 is 12.0 Å². The van der Waals surface area contributed by atoms with Gasteiger partial charge in [0, 0.05) is 38.1 Å². The molecule has 1 aliphatic heterocycles. The largest absolute Gasteiger partial charge is 0.481 e. The van der Waals surface area contributed by atoms with Crippen molar-refractivity contribution in [3.8, 4) is 0 Å². The Bertz CT molecular complexity index is 322. The molecule has 1 saturated heterocycles. The maximum atomic E-state index is 12.1. The number of aliphatic carboxylic acids is 1. The Morgan fingerprint density at radius 3 is 2.68 bits per heavy atom. The number of piperazine rings is 1. The lowest BCUT2D eigenvalue weighted by Crippen LogP contribution is -2.56. The Balaban J connectivity index is 2.38.